The Labute approximate surface area is 189 Å². The van der Waals surface area contributed by atoms with Crippen molar-refractivity contribution in [1.82, 2.24) is 20.5 Å². The lowest BCUT2D eigenvalue weighted by Gasteiger charge is -2.31. The minimum Gasteiger partial charge on any atom is -0.444 e. The van der Waals surface area contributed by atoms with Crippen LogP contribution in [-0.4, -0.2) is 49.4 Å². The number of hydrogen-bond acceptors (Lipinski definition) is 4. The van der Waals surface area contributed by atoms with Crippen LogP contribution in [0.15, 0.2) is 46.0 Å². The van der Waals surface area contributed by atoms with E-state index in [0.29, 0.717) is 24.9 Å². The van der Waals surface area contributed by atoms with Crippen molar-refractivity contribution >= 4 is 35.8 Å². The maximum atomic E-state index is 12.7. The van der Waals surface area contributed by atoms with E-state index in [1.165, 1.54) is 0 Å². The minimum absolute atomic E-state index is 0. The normalized spacial score (nSPS) is 15.5. The third-order valence-corrected chi connectivity index (χ3v) is 5.25. The first-order valence-electron chi connectivity index (χ1n) is 9.70. The third kappa shape index (κ3) is 5.71. The lowest BCUT2D eigenvalue weighted by atomic mass is 9.84. The molecule has 29 heavy (non-hydrogen) atoms. The van der Waals surface area contributed by atoms with E-state index >= 15 is 0 Å². The lowest BCUT2D eigenvalue weighted by Crippen LogP contribution is -2.49. The molecule has 0 unspecified atom stereocenters. The Hall–Kier alpha value is -2.10. The molecule has 1 fully saturated rings. The van der Waals surface area contributed by atoms with Gasteiger partial charge in [-0.15, -0.1) is 24.0 Å². The highest BCUT2D eigenvalue weighted by Crippen LogP contribution is 2.38. The summed E-state index contributed by atoms with van der Waals surface area (Å²) in [6, 6.07) is 9.80. The number of carbonyl (C=O) groups is 1. The van der Waals surface area contributed by atoms with Crippen LogP contribution in [0.25, 0.3) is 11.5 Å². The Morgan fingerprint density at radius 1 is 1.21 bits per heavy atom. The fraction of sp³-hybridized carbons (Fsp3) is 0.476. The van der Waals surface area contributed by atoms with Crippen molar-refractivity contribution in [2.75, 3.05) is 27.7 Å². The molecule has 0 radical (unpaired) electrons. The molecule has 0 aliphatic heterocycles. The molecule has 0 spiro atoms. The van der Waals surface area contributed by atoms with Crippen LogP contribution in [0.5, 0.6) is 0 Å². The Morgan fingerprint density at radius 3 is 2.52 bits per heavy atom. The van der Waals surface area contributed by atoms with E-state index in [4.69, 9.17) is 4.42 Å². The number of carbonyl (C=O) groups excluding carboxylic acids is 1. The van der Waals surface area contributed by atoms with E-state index < -0.39 is 0 Å². The average Bonchev–Trinajstić information content (AvgIpc) is 3.38. The number of rotatable bonds is 6. The van der Waals surface area contributed by atoms with Crippen molar-refractivity contribution in [2.24, 2.45) is 10.4 Å². The van der Waals surface area contributed by atoms with E-state index in [1.807, 2.05) is 44.4 Å². The van der Waals surface area contributed by atoms with Gasteiger partial charge >= 0.3 is 0 Å². The van der Waals surface area contributed by atoms with Crippen LogP contribution >= 0.6 is 24.0 Å². The van der Waals surface area contributed by atoms with Gasteiger partial charge in [0.2, 0.25) is 11.8 Å². The Bertz CT molecular complexity index is 813. The van der Waals surface area contributed by atoms with Crippen LogP contribution in [0.3, 0.4) is 0 Å². The average molecular weight is 511 g/mol. The van der Waals surface area contributed by atoms with E-state index in [-0.39, 0.29) is 35.3 Å². The first-order valence-corrected chi connectivity index (χ1v) is 9.70. The molecule has 7 nitrogen and oxygen atoms in total. The molecule has 158 valence electrons. The molecule has 1 saturated carbocycles. The fourth-order valence-electron chi connectivity index (χ4n) is 3.74. The smallest absolute Gasteiger partial charge is 0.230 e. The Balaban J connectivity index is 0.00000300. The number of guanidine groups is 1. The summed E-state index contributed by atoms with van der Waals surface area (Å²) in [6.07, 6.45) is 5.66. The van der Waals surface area contributed by atoms with Crippen molar-refractivity contribution in [2.45, 2.75) is 32.2 Å². The maximum Gasteiger partial charge on any atom is 0.230 e. The molecule has 1 aliphatic carbocycles. The van der Waals surface area contributed by atoms with Crippen LogP contribution in [0.2, 0.25) is 0 Å². The number of hydrogen-bond donors (Lipinski definition) is 2. The quantitative estimate of drug-likeness (QED) is 0.354. The largest absolute Gasteiger partial charge is 0.444 e. The van der Waals surface area contributed by atoms with Gasteiger partial charge in [-0.25, -0.2) is 4.98 Å². The number of oxazole rings is 1. The first-order chi connectivity index (χ1) is 13.5. The highest BCUT2D eigenvalue weighted by atomic mass is 127. The summed E-state index contributed by atoms with van der Waals surface area (Å²) in [7, 11) is 5.37. The van der Waals surface area contributed by atoms with E-state index in [1.54, 1.807) is 18.2 Å². The number of halogens is 1. The van der Waals surface area contributed by atoms with Crippen LogP contribution in [0.1, 0.15) is 31.4 Å². The number of aromatic nitrogens is 1. The molecule has 3 rings (SSSR count). The highest BCUT2D eigenvalue weighted by molar-refractivity contribution is 14.0. The monoisotopic (exact) mass is 511 g/mol. The number of nitrogens with one attached hydrogen (secondary N) is 2. The van der Waals surface area contributed by atoms with Gasteiger partial charge in [-0.3, -0.25) is 9.79 Å². The first kappa shape index (κ1) is 23.2. The van der Waals surface area contributed by atoms with Crippen LogP contribution in [0.4, 0.5) is 0 Å². The van der Waals surface area contributed by atoms with Crippen molar-refractivity contribution in [3.05, 3.63) is 42.3 Å². The fourth-order valence-corrected chi connectivity index (χ4v) is 3.74. The number of amides is 1. The van der Waals surface area contributed by atoms with Gasteiger partial charge in [-0.2, -0.15) is 0 Å². The summed E-state index contributed by atoms with van der Waals surface area (Å²) < 4.78 is 5.57. The molecule has 1 heterocycles. The van der Waals surface area contributed by atoms with Gasteiger partial charge in [-0.1, -0.05) is 31.0 Å². The summed E-state index contributed by atoms with van der Waals surface area (Å²) in [6.45, 7) is 1.07. The molecular formula is C21H30IN5O2. The molecular weight excluding hydrogens is 481 g/mol. The van der Waals surface area contributed by atoms with E-state index in [2.05, 4.69) is 20.6 Å². The molecule has 1 aromatic heterocycles. The van der Waals surface area contributed by atoms with Crippen LogP contribution in [0, 0.1) is 5.41 Å². The minimum atomic E-state index is -0.338. The predicted octanol–water partition coefficient (Wildman–Crippen LogP) is 3.27. The van der Waals surface area contributed by atoms with Crippen molar-refractivity contribution < 1.29 is 9.21 Å². The van der Waals surface area contributed by atoms with Gasteiger partial charge in [0.1, 0.15) is 6.26 Å². The molecule has 1 aromatic carbocycles. The predicted molar refractivity (Wildman–Crippen MR) is 125 cm³/mol. The highest BCUT2D eigenvalue weighted by Gasteiger charge is 2.42. The molecule has 0 saturated heterocycles. The SMILES string of the molecule is CN=C(NCc1coc(-c2ccccc2)n1)NCC1(C(=O)N(C)C)CCCC1.I. The Kier molecular flexibility index (Phi) is 8.48. The van der Waals surface area contributed by atoms with Crippen LogP contribution in [-0.2, 0) is 11.3 Å². The summed E-state index contributed by atoms with van der Waals surface area (Å²) >= 11 is 0. The van der Waals surface area contributed by atoms with Gasteiger partial charge in [0.05, 0.1) is 17.7 Å². The number of benzene rings is 1. The standard InChI is InChI=1S/C21H29N5O2.HI/c1-22-20(24-15-21(11-7-8-12-21)19(27)26(2)3)23-13-17-14-28-18(25-17)16-9-5-4-6-10-16;/h4-6,9-10,14H,7-8,11-13,15H2,1-3H3,(H2,22,23,24);1H. The second-order valence-electron chi connectivity index (χ2n) is 7.48. The topological polar surface area (TPSA) is 82.8 Å². The van der Waals surface area contributed by atoms with Gasteiger partial charge in [0.15, 0.2) is 5.96 Å². The molecule has 1 aliphatic rings. The molecule has 8 heteroatoms. The van der Waals surface area contributed by atoms with Crippen LogP contribution < -0.4 is 10.6 Å². The van der Waals surface area contributed by atoms with Crippen molar-refractivity contribution in [3.8, 4) is 11.5 Å². The van der Waals surface area contributed by atoms with Crippen molar-refractivity contribution in [1.29, 1.82) is 0 Å². The zero-order valence-corrected chi connectivity index (χ0v) is 19.6. The lowest BCUT2D eigenvalue weighted by molar-refractivity contribution is -0.138. The van der Waals surface area contributed by atoms with Gasteiger partial charge in [0.25, 0.3) is 0 Å². The Morgan fingerprint density at radius 2 is 1.90 bits per heavy atom. The number of nitrogens with zero attached hydrogens (tertiary/aromatic N) is 3. The zero-order chi connectivity index (χ0) is 20.0. The summed E-state index contributed by atoms with van der Waals surface area (Å²) in [4.78, 5) is 23.2. The second-order valence-corrected chi connectivity index (χ2v) is 7.48. The number of aliphatic imine (C=N–C) groups is 1. The molecule has 2 N–H and O–H groups in total. The summed E-state index contributed by atoms with van der Waals surface area (Å²) in [5, 5.41) is 6.58. The molecule has 1 amide bonds. The van der Waals surface area contributed by atoms with Gasteiger partial charge in [0, 0.05) is 33.3 Å². The van der Waals surface area contributed by atoms with Gasteiger partial charge < -0.3 is 20.0 Å². The van der Waals surface area contributed by atoms with Gasteiger partial charge in [-0.05, 0) is 25.0 Å². The third-order valence-electron chi connectivity index (χ3n) is 5.25. The van der Waals surface area contributed by atoms with E-state index in [9.17, 15) is 4.79 Å². The molecule has 0 atom stereocenters. The summed E-state index contributed by atoms with van der Waals surface area (Å²) in [5.74, 6) is 1.45. The molecule has 0 bridgehead atoms. The van der Waals surface area contributed by atoms with E-state index in [0.717, 1.165) is 36.9 Å². The molecule has 2 aromatic rings. The van der Waals surface area contributed by atoms with Crippen molar-refractivity contribution in [3.63, 3.8) is 0 Å². The zero-order valence-electron chi connectivity index (χ0n) is 17.3. The maximum absolute atomic E-state index is 12.7. The second kappa shape index (κ2) is 10.6. The summed E-state index contributed by atoms with van der Waals surface area (Å²) in [5.41, 5.74) is 1.40.